The van der Waals surface area contributed by atoms with Crippen molar-refractivity contribution < 1.29 is 8.81 Å². The van der Waals surface area contributed by atoms with Crippen molar-refractivity contribution in [1.82, 2.24) is 15.5 Å². The third-order valence-electron chi connectivity index (χ3n) is 5.25. The number of hydrogen-bond donors (Lipinski definition) is 3. The summed E-state index contributed by atoms with van der Waals surface area (Å²) in [4.78, 5) is 11.2. The molecule has 0 amide bonds. The molecule has 136 valence electrons. The average Bonchev–Trinajstić information content (AvgIpc) is 3.05. The highest BCUT2D eigenvalue weighted by atomic mass is 19.1. The van der Waals surface area contributed by atoms with Gasteiger partial charge >= 0.3 is 5.76 Å². The van der Waals surface area contributed by atoms with E-state index in [4.69, 9.17) is 4.42 Å². The fourth-order valence-electron chi connectivity index (χ4n) is 3.71. The maximum absolute atomic E-state index is 14.4. The molecule has 25 heavy (non-hydrogen) atoms. The number of aromatic amines is 1. The van der Waals surface area contributed by atoms with Crippen LogP contribution in [0, 0.1) is 24.6 Å². The Labute approximate surface area is 146 Å². The number of piperidine rings is 1. The van der Waals surface area contributed by atoms with Crippen molar-refractivity contribution in [2.75, 3.05) is 18.4 Å². The van der Waals surface area contributed by atoms with Gasteiger partial charge in [0, 0.05) is 22.9 Å². The lowest BCUT2D eigenvalue weighted by molar-refractivity contribution is 0.226. The number of nitrogens with one attached hydrogen (secondary N) is 3. The summed E-state index contributed by atoms with van der Waals surface area (Å²) in [6.45, 7) is 8.15. The quantitative estimate of drug-likeness (QED) is 0.774. The largest absolute Gasteiger partial charge is 0.434 e. The third kappa shape index (κ3) is 3.76. The highest BCUT2D eigenvalue weighted by Crippen LogP contribution is 2.31. The minimum atomic E-state index is -0.653. The molecule has 1 aromatic carbocycles. The smallest absolute Gasteiger partial charge is 0.388 e. The van der Waals surface area contributed by atoms with E-state index in [1.54, 1.807) is 13.0 Å². The molecule has 3 rings (SSSR count). The van der Waals surface area contributed by atoms with E-state index in [0.717, 1.165) is 25.9 Å². The molecule has 2 aromatic rings. The van der Waals surface area contributed by atoms with Crippen molar-refractivity contribution >= 4 is 5.69 Å². The maximum atomic E-state index is 14.4. The standard InChI is InChI=1S/C18H25FN4O2/c1-4-12-9-20-6-5-14(12)11(3)21-16-8-13(7-15(19)10(16)2)17-22-23-18(24)25-17/h7-8,11-12,14,20-21H,4-6,9H2,1-3H3,(H,23,24)/t11?,12-,14-/m1/s1. The Hall–Kier alpha value is -2.15. The predicted molar refractivity (Wildman–Crippen MR) is 95.1 cm³/mol. The monoisotopic (exact) mass is 348 g/mol. The van der Waals surface area contributed by atoms with Gasteiger partial charge in [0.05, 0.1) is 0 Å². The Morgan fingerprint density at radius 3 is 2.96 bits per heavy atom. The third-order valence-corrected chi connectivity index (χ3v) is 5.25. The van der Waals surface area contributed by atoms with E-state index in [2.05, 4.69) is 34.7 Å². The Morgan fingerprint density at radius 1 is 1.48 bits per heavy atom. The number of hydrogen-bond acceptors (Lipinski definition) is 5. The van der Waals surface area contributed by atoms with Gasteiger partial charge in [0.1, 0.15) is 5.82 Å². The van der Waals surface area contributed by atoms with Gasteiger partial charge in [0.2, 0.25) is 5.89 Å². The van der Waals surface area contributed by atoms with Crippen molar-refractivity contribution in [3.63, 3.8) is 0 Å². The Bertz CT molecular complexity index is 786. The Kier molecular flexibility index (Phi) is 5.22. The number of anilines is 1. The zero-order valence-electron chi connectivity index (χ0n) is 14.9. The molecule has 1 aromatic heterocycles. The Morgan fingerprint density at radius 2 is 2.28 bits per heavy atom. The molecule has 6 nitrogen and oxygen atoms in total. The first-order chi connectivity index (χ1) is 12.0. The number of nitrogens with zero attached hydrogens (tertiary/aromatic N) is 1. The van der Waals surface area contributed by atoms with E-state index in [9.17, 15) is 9.18 Å². The summed E-state index contributed by atoms with van der Waals surface area (Å²) in [7, 11) is 0. The molecule has 0 radical (unpaired) electrons. The van der Waals surface area contributed by atoms with Crippen LogP contribution in [0.4, 0.5) is 10.1 Å². The highest BCUT2D eigenvalue weighted by molar-refractivity contribution is 5.65. The fourth-order valence-corrected chi connectivity index (χ4v) is 3.71. The van der Waals surface area contributed by atoms with Crippen molar-refractivity contribution in [3.05, 3.63) is 34.1 Å². The molecule has 1 unspecified atom stereocenters. The van der Waals surface area contributed by atoms with Gasteiger partial charge in [-0.1, -0.05) is 13.3 Å². The molecular weight excluding hydrogens is 323 g/mol. The first-order valence-corrected chi connectivity index (χ1v) is 8.82. The molecule has 1 saturated heterocycles. The maximum Gasteiger partial charge on any atom is 0.434 e. The summed E-state index contributed by atoms with van der Waals surface area (Å²) in [5.41, 5.74) is 1.70. The van der Waals surface area contributed by atoms with Crippen molar-refractivity contribution in [2.45, 2.75) is 39.7 Å². The van der Waals surface area contributed by atoms with Crippen molar-refractivity contribution in [1.29, 1.82) is 0 Å². The summed E-state index contributed by atoms with van der Waals surface area (Å²) < 4.78 is 19.3. The zero-order chi connectivity index (χ0) is 18.0. The molecule has 0 saturated carbocycles. The van der Waals surface area contributed by atoms with Gasteiger partial charge in [-0.3, -0.25) is 0 Å². The van der Waals surface area contributed by atoms with Crippen LogP contribution >= 0.6 is 0 Å². The SMILES string of the molecule is CC[C@@H]1CNCC[C@@H]1C(C)Nc1cc(-c2n[nH]c(=O)o2)cc(F)c1C. The number of H-pyrrole nitrogens is 1. The van der Waals surface area contributed by atoms with E-state index in [-0.39, 0.29) is 17.7 Å². The highest BCUT2D eigenvalue weighted by Gasteiger charge is 2.28. The second kappa shape index (κ2) is 7.39. The minimum absolute atomic E-state index is 0.0907. The van der Waals surface area contributed by atoms with E-state index in [1.807, 2.05) is 0 Å². The van der Waals surface area contributed by atoms with Gasteiger partial charge in [-0.2, -0.15) is 0 Å². The summed E-state index contributed by atoms with van der Waals surface area (Å²) in [5, 5.41) is 12.9. The van der Waals surface area contributed by atoms with Crippen LogP contribution < -0.4 is 16.4 Å². The van der Waals surface area contributed by atoms with Crippen LogP contribution in [0.1, 0.15) is 32.3 Å². The average molecular weight is 348 g/mol. The van der Waals surface area contributed by atoms with E-state index in [1.165, 1.54) is 6.07 Å². The molecule has 3 atom stereocenters. The molecule has 3 N–H and O–H groups in total. The first-order valence-electron chi connectivity index (χ1n) is 8.82. The van der Waals surface area contributed by atoms with Crippen LogP contribution in [-0.4, -0.2) is 29.3 Å². The van der Waals surface area contributed by atoms with Crippen LogP contribution in [-0.2, 0) is 0 Å². The van der Waals surface area contributed by atoms with Gasteiger partial charge in [0.15, 0.2) is 0 Å². The first kappa shape index (κ1) is 17.7. The number of benzene rings is 1. The van der Waals surface area contributed by atoms with Crippen LogP contribution in [0.5, 0.6) is 0 Å². The molecule has 0 spiro atoms. The van der Waals surface area contributed by atoms with E-state index >= 15 is 0 Å². The van der Waals surface area contributed by atoms with Crippen LogP contribution in [0.15, 0.2) is 21.3 Å². The predicted octanol–water partition coefficient (Wildman–Crippen LogP) is 2.91. The molecule has 1 fully saturated rings. The minimum Gasteiger partial charge on any atom is -0.388 e. The molecule has 2 heterocycles. The summed E-state index contributed by atoms with van der Waals surface area (Å²) in [6.07, 6.45) is 2.22. The molecule has 0 bridgehead atoms. The number of halogens is 1. The molecular formula is C18H25FN4O2. The van der Waals surface area contributed by atoms with Crippen molar-refractivity contribution in [3.8, 4) is 11.5 Å². The molecule has 1 aliphatic heterocycles. The van der Waals surface area contributed by atoms with E-state index < -0.39 is 5.76 Å². The fraction of sp³-hybridized carbons (Fsp3) is 0.556. The summed E-state index contributed by atoms with van der Waals surface area (Å²) >= 11 is 0. The lowest BCUT2D eigenvalue weighted by Crippen LogP contribution is -2.43. The van der Waals surface area contributed by atoms with Gasteiger partial charge in [0.25, 0.3) is 0 Å². The lowest BCUT2D eigenvalue weighted by atomic mass is 9.80. The van der Waals surface area contributed by atoms with Crippen LogP contribution in [0.2, 0.25) is 0 Å². The van der Waals surface area contributed by atoms with Gasteiger partial charge in [-0.05, 0) is 57.3 Å². The number of rotatable bonds is 5. The van der Waals surface area contributed by atoms with Crippen molar-refractivity contribution in [2.24, 2.45) is 11.8 Å². The summed E-state index contributed by atoms with van der Waals surface area (Å²) in [6, 6.07) is 3.34. The topological polar surface area (TPSA) is 83.0 Å². The van der Waals surface area contributed by atoms with Crippen LogP contribution in [0.3, 0.4) is 0 Å². The second-order valence-corrected chi connectivity index (χ2v) is 6.81. The van der Waals surface area contributed by atoms with Gasteiger partial charge < -0.3 is 15.1 Å². The molecule has 1 aliphatic rings. The van der Waals surface area contributed by atoms with E-state index in [0.29, 0.717) is 28.7 Å². The van der Waals surface area contributed by atoms with Gasteiger partial charge in [-0.25, -0.2) is 14.3 Å². The molecule has 0 aliphatic carbocycles. The normalized spacial score (nSPS) is 21.9. The molecule has 7 heteroatoms. The zero-order valence-corrected chi connectivity index (χ0v) is 14.9. The second-order valence-electron chi connectivity index (χ2n) is 6.81. The lowest BCUT2D eigenvalue weighted by Gasteiger charge is -2.36. The number of aromatic nitrogens is 2. The van der Waals surface area contributed by atoms with Crippen LogP contribution in [0.25, 0.3) is 11.5 Å². The summed E-state index contributed by atoms with van der Waals surface area (Å²) in [5.74, 6) is 0.220. The van der Waals surface area contributed by atoms with Gasteiger partial charge in [-0.15, -0.1) is 5.10 Å². The Balaban J connectivity index is 1.86.